The van der Waals surface area contributed by atoms with Crippen LogP contribution in [-0.4, -0.2) is 29.3 Å². The Bertz CT molecular complexity index is 730. The zero-order valence-corrected chi connectivity index (χ0v) is 13.2. The third-order valence-corrected chi connectivity index (χ3v) is 6.23. The van der Waals surface area contributed by atoms with E-state index in [1.807, 2.05) is 0 Å². The Morgan fingerprint density at radius 1 is 1.00 bits per heavy atom. The lowest BCUT2D eigenvalue weighted by Crippen LogP contribution is -2.35. The molecule has 0 unspecified atom stereocenters. The van der Waals surface area contributed by atoms with Crippen molar-refractivity contribution in [2.24, 2.45) is 5.73 Å². The third-order valence-electron chi connectivity index (χ3n) is 3.78. The van der Waals surface area contributed by atoms with E-state index in [-0.39, 0.29) is 9.79 Å². The van der Waals surface area contributed by atoms with E-state index in [1.165, 1.54) is 6.07 Å². The van der Waals surface area contributed by atoms with Gasteiger partial charge in [-0.05, 0) is 24.5 Å². The summed E-state index contributed by atoms with van der Waals surface area (Å²) in [4.78, 5) is -0.291. The first-order valence-corrected chi connectivity index (χ1v) is 10.2. The monoisotopic (exact) mass is 317 g/mol. The molecule has 0 atom stereocenters. The molecule has 0 radical (unpaired) electrons. The van der Waals surface area contributed by atoms with Crippen molar-refractivity contribution in [3.05, 3.63) is 23.8 Å². The van der Waals surface area contributed by atoms with Gasteiger partial charge in [0, 0.05) is 18.1 Å². The number of sulfone groups is 2. The van der Waals surface area contributed by atoms with Crippen molar-refractivity contribution in [1.82, 2.24) is 0 Å². The van der Waals surface area contributed by atoms with E-state index in [4.69, 9.17) is 5.73 Å². The highest BCUT2D eigenvalue weighted by atomic mass is 32.2. The molecule has 2 N–H and O–H groups in total. The van der Waals surface area contributed by atoms with Gasteiger partial charge in [-0.1, -0.05) is 25.0 Å². The fourth-order valence-corrected chi connectivity index (χ4v) is 5.64. The molecule has 1 saturated carbocycles. The highest BCUT2D eigenvalue weighted by molar-refractivity contribution is 7.93. The minimum Gasteiger partial charge on any atom is -0.321 e. The summed E-state index contributed by atoms with van der Waals surface area (Å²) < 4.78 is 47.9. The van der Waals surface area contributed by atoms with Gasteiger partial charge in [0.15, 0.2) is 19.7 Å². The molecule has 0 aliphatic heterocycles. The molecular formula is C13H19NO4S2. The van der Waals surface area contributed by atoms with Crippen LogP contribution in [0.15, 0.2) is 28.0 Å². The Labute approximate surface area is 120 Å². The first-order valence-electron chi connectivity index (χ1n) is 6.38. The van der Waals surface area contributed by atoms with Gasteiger partial charge in [-0.3, -0.25) is 0 Å². The molecular weight excluding hydrogens is 298 g/mol. The fraction of sp³-hybridized carbons (Fsp3) is 0.538. The van der Waals surface area contributed by atoms with Gasteiger partial charge in [-0.15, -0.1) is 0 Å². The van der Waals surface area contributed by atoms with Crippen LogP contribution in [-0.2, 0) is 25.2 Å². The molecule has 1 aromatic carbocycles. The predicted molar refractivity (Wildman–Crippen MR) is 77.0 cm³/mol. The second-order valence-electron chi connectivity index (χ2n) is 5.54. The zero-order chi connectivity index (χ0) is 15.2. The van der Waals surface area contributed by atoms with E-state index in [1.54, 1.807) is 12.1 Å². The molecule has 7 heteroatoms. The smallest absolute Gasteiger partial charge is 0.177 e. The Morgan fingerprint density at radius 2 is 1.55 bits per heavy atom. The molecule has 1 aliphatic rings. The number of nitrogens with two attached hydrogens (primary N) is 1. The maximum absolute atomic E-state index is 12.1. The van der Waals surface area contributed by atoms with Gasteiger partial charge in [0.1, 0.15) is 0 Å². The van der Waals surface area contributed by atoms with Crippen LogP contribution in [0.25, 0.3) is 0 Å². The number of rotatable bonds is 3. The summed E-state index contributed by atoms with van der Waals surface area (Å²) in [5.74, 6) is 0. The molecule has 0 saturated heterocycles. The lowest BCUT2D eigenvalue weighted by Gasteiger charge is -2.27. The molecule has 1 aliphatic carbocycles. The van der Waals surface area contributed by atoms with Crippen molar-refractivity contribution in [2.45, 2.75) is 41.0 Å². The summed E-state index contributed by atoms with van der Waals surface area (Å²) in [7, 11) is -7.31. The molecule has 0 aromatic heterocycles. The summed E-state index contributed by atoms with van der Waals surface area (Å²) in [6.07, 6.45) is 5.22. The summed E-state index contributed by atoms with van der Waals surface area (Å²) in [5, 5.41) is 0. The topological polar surface area (TPSA) is 94.3 Å². The third kappa shape index (κ3) is 2.75. The molecule has 0 amide bonds. The van der Waals surface area contributed by atoms with E-state index in [9.17, 15) is 16.8 Å². The average Bonchev–Trinajstić information content (AvgIpc) is 2.74. The number of hydrogen-bond donors (Lipinski definition) is 1. The first kappa shape index (κ1) is 15.5. The summed E-state index contributed by atoms with van der Waals surface area (Å²) in [6, 6.07) is 4.53. The van der Waals surface area contributed by atoms with Gasteiger partial charge in [0.05, 0.1) is 9.79 Å². The van der Waals surface area contributed by atoms with Gasteiger partial charge >= 0.3 is 0 Å². The van der Waals surface area contributed by atoms with E-state index >= 15 is 0 Å². The lowest BCUT2D eigenvalue weighted by atomic mass is 9.89. The van der Waals surface area contributed by atoms with Crippen LogP contribution in [0.3, 0.4) is 0 Å². The quantitative estimate of drug-likeness (QED) is 0.904. The van der Waals surface area contributed by atoms with Crippen molar-refractivity contribution >= 4 is 19.7 Å². The van der Waals surface area contributed by atoms with Crippen LogP contribution in [0.1, 0.15) is 31.2 Å². The van der Waals surface area contributed by atoms with Gasteiger partial charge in [0.2, 0.25) is 0 Å². The number of benzene rings is 1. The maximum Gasteiger partial charge on any atom is 0.177 e. The van der Waals surface area contributed by atoms with E-state index in [0.29, 0.717) is 18.4 Å². The molecule has 20 heavy (non-hydrogen) atoms. The molecule has 5 nitrogen and oxygen atoms in total. The Balaban J connectivity index is 2.83. The first-order chi connectivity index (χ1) is 9.06. The van der Waals surface area contributed by atoms with E-state index in [0.717, 1.165) is 25.4 Å². The molecule has 112 valence electrons. The minimum absolute atomic E-state index is 0.132. The maximum atomic E-state index is 12.1. The van der Waals surface area contributed by atoms with Gasteiger partial charge in [0.25, 0.3) is 0 Å². The van der Waals surface area contributed by atoms with Gasteiger partial charge in [-0.25, -0.2) is 16.8 Å². The van der Waals surface area contributed by atoms with E-state index < -0.39 is 25.2 Å². The van der Waals surface area contributed by atoms with Gasteiger partial charge in [-0.2, -0.15) is 0 Å². The van der Waals surface area contributed by atoms with Crippen molar-refractivity contribution in [1.29, 1.82) is 0 Å². The standard InChI is InChI=1S/C13H19NO4S2/c1-19(15,16)11-7-5-6-10(12(11)20(2,17)18)13(14)8-3-4-9-13/h5-7H,3-4,8-9,14H2,1-2H3. The zero-order valence-electron chi connectivity index (χ0n) is 11.6. The molecule has 1 fully saturated rings. The minimum atomic E-state index is -3.68. The van der Waals surface area contributed by atoms with Crippen molar-refractivity contribution < 1.29 is 16.8 Å². The van der Waals surface area contributed by atoms with Crippen molar-refractivity contribution in [3.8, 4) is 0 Å². The normalized spacial score (nSPS) is 19.1. The van der Waals surface area contributed by atoms with Crippen LogP contribution in [0.2, 0.25) is 0 Å². The van der Waals surface area contributed by atoms with Gasteiger partial charge < -0.3 is 5.73 Å². The molecule has 2 rings (SSSR count). The molecule has 0 heterocycles. The largest absolute Gasteiger partial charge is 0.321 e. The van der Waals surface area contributed by atoms with Crippen molar-refractivity contribution in [2.75, 3.05) is 12.5 Å². The Hall–Kier alpha value is -0.920. The van der Waals surface area contributed by atoms with E-state index in [2.05, 4.69) is 0 Å². The fourth-order valence-electron chi connectivity index (χ4n) is 2.86. The van der Waals surface area contributed by atoms with Crippen LogP contribution < -0.4 is 5.73 Å². The molecule has 1 aromatic rings. The molecule has 0 bridgehead atoms. The highest BCUT2D eigenvalue weighted by Crippen LogP contribution is 2.40. The van der Waals surface area contributed by atoms with Crippen LogP contribution in [0.4, 0.5) is 0 Å². The highest BCUT2D eigenvalue weighted by Gasteiger charge is 2.37. The summed E-state index contributed by atoms with van der Waals surface area (Å²) in [5.41, 5.74) is 6.01. The predicted octanol–water partition coefficient (Wildman–Crippen LogP) is 1.22. The van der Waals surface area contributed by atoms with Crippen LogP contribution in [0, 0.1) is 0 Å². The second kappa shape index (κ2) is 4.82. The summed E-state index contributed by atoms with van der Waals surface area (Å²) >= 11 is 0. The average molecular weight is 317 g/mol. The van der Waals surface area contributed by atoms with Crippen LogP contribution >= 0.6 is 0 Å². The second-order valence-corrected chi connectivity index (χ2v) is 9.48. The Morgan fingerprint density at radius 3 is 2.00 bits per heavy atom. The SMILES string of the molecule is CS(=O)(=O)c1cccc(C2(N)CCCC2)c1S(C)(=O)=O. The molecule has 0 spiro atoms. The number of hydrogen-bond acceptors (Lipinski definition) is 5. The van der Waals surface area contributed by atoms with Crippen LogP contribution in [0.5, 0.6) is 0 Å². The lowest BCUT2D eigenvalue weighted by molar-refractivity contribution is 0.448. The summed E-state index contributed by atoms with van der Waals surface area (Å²) in [6.45, 7) is 0. The van der Waals surface area contributed by atoms with Crippen molar-refractivity contribution in [3.63, 3.8) is 0 Å². The Kier molecular flexibility index (Phi) is 3.73.